The number of carbonyl (C=O) groups is 3. The molecule has 0 saturated heterocycles. The van der Waals surface area contributed by atoms with Crippen molar-refractivity contribution in [3.63, 3.8) is 0 Å². The molecule has 0 amide bonds. The second-order valence-electron chi connectivity index (χ2n) is 8.67. The number of ketones is 2. The highest BCUT2D eigenvalue weighted by Gasteiger charge is 2.81. The third-order valence-electron chi connectivity index (χ3n) is 8.35. The average Bonchev–Trinajstić information content (AvgIpc) is 3.03. The Morgan fingerprint density at radius 1 is 1.14 bits per heavy atom. The van der Waals surface area contributed by atoms with E-state index in [2.05, 4.69) is 13.8 Å². The third-order valence-corrected chi connectivity index (χ3v) is 8.35. The maximum absolute atomic E-state index is 12.6. The van der Waals surface area contributed by atoms with E-state index in [-0.39, 0.29) is 28.4 Å². The van der Waals surface area contributed by atoms with Gasteiger partial charge in [0.15, 0.2) is 0 Å². The summed E-state index contributed by atoms with van der Waals surface area (Å²) in [4.78, 5) is 36.4. The standard InChI is InChI=1S/C18H24O4/c1-15-6-5-12(19)16(15,2)7-8-17-10-18(17,9-14(21)22)13(20)4-3-11(15)17/h11H,3-10H2,1-2H3,(H,21,22)/t11-,15-,16+,17-,18+/m0/s1. The molecule has 0 heterocycles. The predicted octanol–water partition coefficient (Wildman–Crippen LogP) is 2.99. The Balaban J connectivity index is 1.78. The minimum Gasteiger partial charge on any atom is -0.481 e. The van der Waals surface area contributed by atoms with E-state index in [1.54, 1.807) is 0 Å². The molecule has 4 fully saturated rings. The lowest BCUT2D eigenvalue weighted by Gasteiger charge is -2.56. The second kappa shape index (κ2) is 3.82. The van der Waals surface area contributed by atoms with Crippen molar-refractivity contribution in [2.45, 2.75) is 65.2 Å². The zero-order valence-electron chi connectivity index (χ0n) is 13.4. The molecule has 22 heavy (non-hydrogen) atoms. The maximum Gasteiger partial charge on any atom is 0.304 e. The summed E-state index contributed by atoms with van der Waals surface area (Å²) in [6.45, 7) is 4.36. The van der Waals surface area contributed by atoms with Gasteiger partial charge in [-0.15, -0.1) is 0 Å². The fourth-order valence-corrected chi connectivity index (χ4v) is 6.84. The lowest BCUT2D eigenvalue weighted by Crippen LogP contribution is -2.54. The zero-order chi connectivity index (χ0) is 16.0. The lowest BCUT2D eigenvalue weighted by molar-refractivity contribution is -0.153. The SMILES string of the molecule is C[C@@]12CCC(=O)[C@@]1(C)CC[C@@]13C[C@]1(CC(=O)O)C(=O)CC[C@H]32. The van der Waals surface area contributed by atoms with Crippen molar-refractivity contribution >= 4 is 17.5 Å². The van der Waals surface area contributed by atoms with Gasteiger partial charge in [0.25, 0.3) is 0 Å². The molecule has 4 aliphatic carbocycles. The quantitative estimate of drug-likeness (QED) is 0.851. The molecule has 1 N–H and O–H groups in total. The number of carboxylic acid groups (broad SMARTS) is 1. The lowest BCUT2D eigenvalue weighted by atomic mass is 9.46. The van der Waals surface area contributed by atoms with Crippen molar-refractivity contribution in [1.29, 1.82) is 0 Å². The molecule has 1 spiro atoms. The molecule has 4 rings (SSSR count). The van der Waals surface area contributed by atoms with Crippen LogP contribution >= 0.6 is 0 Å². The molecular formula is C18H24O4. The Labute approximate surface area is 130 Å². The van der Waals surface area contributed by atoms with Crippen LogP contribution in [0.25, 0.3) is 0 Å². The number of hydrogen-bond donors (Lipinski definition) is 1. The molecule has 0 aromatic rings. The van der Waals surface area contributed by atoms with Gasteiger partial charge in [-0.25, -0.2) is 0 Å². The van der Waals surface area contributed by atoms with Crippen molar-refractivity contribution in [3.8, 4) is 0 Å². The number of carboxylic acids is 1. The van der Waals surface area contributed by atoms with Gasteiger partial charge in [0.2, 0.25) is 0 Å². The van der Waals surface area contributed by atoms with E-state index in [1.165, 1.54) is 0 Å². The normalized spacial score (nSPS) is 52.7. The molecular weight excluding hydrogens is 280 g/mol. The Kier molecular flexibility index (Phi) is 2.50. The fourth-order valence-electron chi connectivity index (χ4n) is 6.84. The van der Waals surface area contributed by atoms with Crippen molar-refractivity contribution in [2.24, 2.45) is 27.6 Å². The van der Waals surface area contributed by atoms with Crippen LogP contribution in [0.5, 0.6) is 0 Å². The van der Waals surface area contributed by atoms with Crippen molar-refractivity contribution in [3.05, 3.63) is 0 Å². The first-order valence-electron chi connectivity index (χ1n) is 8.50. The molecule has 0 aromatic heterocycles. The number of aliphatic carboxylic acids is 1. The van der Waals surface area contributed by atoms with Gasteiger partial charge in [-0.2, -0.15) is 0 Å². The van der Waals surface area contributed by atoms with Gasteiger partial charge in [-0.1, -0.05) is 13.8 Å². The van der Waals surface area contributed by atoms with Gasteiger partial charge in [-0.05, 0) is 48.9 Å². The molecule has 120 valence electrons. The van der Waals surface area contributed by atoms with Crippen LogP contribution in [-0.4, -0.2) is 22.6 Å². The molecule has 4 saturated carbocycles. The van der Waals surface area contributed by atoms with Crippen LogP contribution in [0.2, 0.25) is 0 Å². The number of rotatable bonds is 2. The largest absolute Gasteiger partial charge is 0.481 e. The summed E-state index contributed by atoms with van der Waals surface area (Å²) in [6.07, 6.45) is 5.32. The van der Waals surface area contributed by atoms with Gasteiger partial charge in [0.05, 0.1) is 6.42 Å². The summed E-state index contributed by atoms with van der Waals surface area (Å²) in [6, 6.07) is 0. The molecule has 0 radical (unpaired) electrons. The molecule has 0 unspecified atom stereocenters. The number of hydrogen-bond acceptors (Lipinski definition) is 3. The van der Waals surface area contributed by atoms with Crippen molar-refractivity contribution in [2.75, 3.05) is 0 Å². The maximum atomic E-state index is 12.6. The predicted molar refractivity (Wildman–Crippen MR) is 79.2 cm³/mol. The zero-order valence-corrected chi connectivity index (χ0v) is 13.4. The first-order chi connectivity index (χ1) is 10.2. The van der Waals surface area contributed by atoms with E-state index in [1.807, 2.05) is 0 Å². The summed E-state index contributed by atoms with van der Waals surface area (Å²) >= 11 is 0. The van der Waals surface area contributed by atoms with Gasteiger partial charge >= 0.3 is 5.97 Å². The molecule has 0 bridgehead atoms. The van der Waals surface area contributed by atoms with Crippen LogP contribution in [0, 0.1) is 27.6 Å². The summed E-state index contributed by atoms with van der Waals surface area (Å²) in [5.74, 6) is 0.0306. The Morgan fingerprint density at radius 2 is 1.86 bits per heavy atom. The molecule has 4 heteroatoms. The van der Waals surface area contributed by atoms with Crippen LogP contribution < -0.4 is 0 Å². The Hall–Kier alpha value is -1.19. The van der Waals surface area contributed by atoms with Crippen molar-refractivity contribution in [1.82, 2.24) is 0 Å². The molecule has 0 aliphatic heterocycles. The highest BCUT2D eigenvalue weighted by Crippen LogP contribution is 2.83. The minimum absolute atomic E-state index is 0.0108. The highest BCUT2D eigenvalue weighted by atomic mass is 16.4. The molecule has 5 atom stereocenters. The Bertz CT molecular complexity index is 610. The third kappa shape index (κ3) is 1.30. The summed E-state index contributed by atoms with van der Waals surface area (Å²) in [5, 5.41) is 9.30. The van der Waals surface area contributed by atoms with E-state index in [0.717, 1.165) is 32.1 Å². The monoisotopic (exact) mass is 304 g/mol. The highest BCUT2D eigenvalue weighted by molar-refractivity contribution is 5.94. The first-order valence-corrected chi connectivity index (χ1v) is 8.50. The topological polar surface area (TPSA) is 71.4 Å². The summed E-state index contributed by atoms with van der Waals surface area (Å²) in [5.41, 5.74) is -1.05. The van der Waals surface area contributed by atoms with Crippen LogP contribution in [0.1, 0.15) is 65.2 Å². The van der Waals surface area contributed by atoms with E-state index in [0.29, 0.717) is 24.5 Å². The smallest absolute Gasteiger partial charge is 0.304 e. The molecule has 0 aromatic carbocycles. The van der Waals surface area contributed by atoms with Crippen LogP contribution in [0.15, 0.2) is 0 Å². The second-order valence-corrected chi connectivity index (χ2v) is 8.67. The van der Waals surface area contributed by atoms with Gasteiger partial charge in [-0.3, -0.25) is 14.4 Å². The van der Waals surface area contributed by atoms with Gasteiger partial charge < -0.3 is 5.11 Å². The molecule has 4 aliphatic rings. The summed E-state index contributed by atoms with van der Waals surface area (Å²) < 4.78 is 0. The van der Waals surface area contributed by atoms with Gasteiger partial charge in [0.1, 0.15) is 11.6 Å². The van der Waals surface area contributed by atoms with Crippen LogP contribution in [0.4, 0.5) is 0 Å². The van der Waals surface area contributed by atoms with Crippen molar-refractivity contribution < 1.29 is 19.5 Å². The van der Waals surface area contributed by atoms with E-state index < -0.39 is 11.4 Å². The number of fused-ring (bicyclic) bond motifs is 2. The average molecular weight is 304 g/mol. The Morgan fingerprint density at radius 3 is 2.55 bits per heavy atom. The molecule has 4 nitrogen and oxygen atoms in total. The van der Waals surface area contributed by atoms with Gasteiger partial charge in [0, 0.05) is 23.7 Å². The van der Waals surface area contributed by atoms with E-state index >= 15 is 0 Å². The number of Topliss-reactive ketones (excluding diaryl/α,β-unsaturated/α-hetero) is 2. The van der Waals surface area contributed by atoms with E-state index in [4.69, 9.17) is 0 Å². The van der Waals surface area contributed by atoms with Crippen LogP contribution in [-0.2, 0) is 14.4 Å². The van der Waals surface area contributed by atoms with Crippen LogP contribution in [0.3, 0.4) is 0 Å². The minimum atomic E-state index is -0.855. The fraction of sp³-hybridized carbons (Fsp3) is 0.833. The summed E-state index contributed by atoms with van der Waals surface area (Å²) in [7, 11) is 0. The first kappa shape index (κ1) is 14.4. The van der Waals surface area contributed by atoms with E-state index in [9.17, 15) is 19.5 Å². The number of carbonyl (C=O) groups excluding carboxylic acids is 2.